The molecule has 28 heavy (non-hydrogen) atoms. The second kappa shape index (κ2) is 8.84. The van der Waals surface area contributed by atoms with Crippen LogP contribution in [0.2, 0.25) is 5.02 Å². The molecule has 1 heterocycles. The first-order chi connectivity index (χ1) is 13.2. The number of allylic oxidation sites excluding steroid dienone is 1. The predicted octanol–water partition coefficient (Wildman–Crippen LogP) is 6.44. The van der Waals surface area contributed by atoms with Crippen LogP contribution in [0.1, 0.15) is 53.4 Å². The van der Waals surface area contributed by atoms with Crippen LogP contribution < -0.4 is 10.6 Å². The monoisotopic (exact) mass is 399 g/mol. The van der Waals surface area contributed by atoms with Gasteiger partial charge in [0.2, 0.25) is 0 Å². The average molecular weight is 400 g/mol. The number of anilines is 1. The first-order valence-corrected chi connectivity index (χ1v) is 10.8. The highest BCUT2D eigenvalue weighted by molar-refractivity contribution is 6.31. The van der Waals surface area contributed by atoms with E-state index in [0.29, 0.717) is 5.92 Å². The van der Waals surface area contributed by atoms with Crippen LogP contribution in [0.4, 0.5) is 5.69 Å². The van der Waals surface area contributed by atoms with Gasteiger partial charge in [0.25, 0.3) is 0 Å². The van der Waals surface area contributed by atoms with Crippen LogP contribution in [0.25, 0.3) is 10.9 Å². The lowest BCUT2D eigenvalue weighted by Gasteiger charge is -2.36. The minimum absolute atomic E-state index is 0.139. The van der Waals surface area contributed by atoms with Crippen molar-refractivity contribution >= 4 is 28.2 Å². The third-order valence-corrected chi connectivity index (χ3v) is 5.93. The molecular formula is C24H34ClN3. The SMILES string of the molecule is CC(C)(CCNc1ccnc2cc(Cl)ccc12)CC(C)(C)NC[C@@H]1C=CCC1. The molecule has 3 rings (SSSR count). The number of rotatable bonds is 9. The van der Waals surface area contributed by atoms with Crippen LogP contribution in [0, 0.1) is 11.3 Å². The van der Waals surface area contributed by atoms with Crippen LogP contribution in [-0.4, -0.2) is 23.6 Å². The Morgan fingerprint density at radius 2 is 2.00 bits per heavy atom. The molecule has 152 valence electrons. The van der Waals surface area contributed by atoms with E-state index in [2.05, 4.69) is 55.5 Å². The fourth-order valence-corrected chi connectivity index (χ4v) is 4.60. The fourth-order valence-electron chi connectivity index (χ4n) is 4.43. The van der Waals surface area contributed by atoms with Gasteiger partial charge in [-0.2, -0.15) is 0 Å². The van der Waals surface area contributed by atoms with Gasteiger partial charge in [0.05, 0.1) is 5.52 Å². The second-order valence-corrected chi connectivity index (χ2v) is 10.0. The molecular weight excluding hydrogens is 366 g/mol. The predicted molar refractivity (Wildman–Crippen MR) is 122 cm³/mol. The maximum atomic E-state index is 6.09. The molecule has 0 amide bonds. The normalized spacial score (nSPS) is 17.4. The van der Waals surface area contributed by atoms with E-state index in [1.54, 1.807) is 0 Å². The minimum Gasteiger partial charge on any atom is -0.384 e. The Labute approximate surface area is 175 Å². The summed E-state index contributed by atoms with van der Waals surface area (Å²) in [4.78, 5) is 4.42. The van der Waals surface area contributed by atoms with E-state index < -0.39 is 0 Å². The number of hydrogen-bond donors (Lipinski definition) is 2. The van der Waals surface area contributed by atoms with Crippen molar-refractivity contribution in [2.24, 2.45) is 11.3 Å². The maximum absolute atomic E-state index is 6.09. The van der Waals surface area contributed by atoms with Crippen LogP contribution in [0.15, 0.2) is 42.6 Å². The van der Waals surface area contributed by atoms with Gasteiger partial charge in [0.15, 0.2) is 0 Å². The van der Waals surface area contributed by atoms with Gasteiger partial charge in [-0.15, -0.1) is 0 Å². The molecule has 0 saturated carbocycles. The molecule has 2 aromatic rings. The zero-order chi connectivity index (χ0) is 20.2. The first kappa shape index (κ1) is 21.1. The molecule has 1 aromatic carbocycles. The first-order valence-electron chi connectivity index (χ1n) is 10.4. The molecule has 0 unspecified atom stereocenters. The van der Waals surface area contributed by atoms with E-state index in [1.165, 1.54) is 12.8 Å². The highest BCUT2D eigenvalue weighted by Crippen LogP contribution is 2.32. The Hall–Kier alpha value is -1.58. The van der Waals surface area contributed by atoms with E-state index in [-0.39, 0.29) is 11.0 Å². The van der Waals surface area contributed by atoms with Gasteiger partial charge in [-0.1, -0.05) is 37.6 Å². The Morgan fingerprint density at radius 3 is 2.75 bits per heavy atom. The highest BCUT2D eigenvalue weighted by atomic mass is 35.5. The number of halogens is 1. The Bertz CT molecular complexity index is 826. The Morgan fingerprint density at radius 1 is 1.18 bits per heavy atom. The largest absolute Gasteiger partial charge is 0.384 e. The van der Waals surface area contributed by atoms with E-state index >= 15 is 0 Å². The molecule has 4 heteroatoms. The minimum atomic E-state index is 0.139. The summed E-state index contributed by atoms with van der Waals surface area (Å²) in [6.45, 7) is 11.4. The zero-order valence-corrected chi connectivity index (χ0v) is 18.4. The summed E-state index contributed by atoms with van der Waals surface area (Å²) in [7, 11) is 0. The smallest absolute Gasteiger partial charge is 0.0737 e. The molecule has 0 radical (unpaired) electrons. The number of pyridine rings is 1. The number of nitrogens with one attached hydrogen (secondary N) is 2. The Balaban J connectivity index is 1.52. The van der Waals surface area contributed by atoms with Crippen molar-refractivity contribution < 1.29 is 0 Å². The number of aromatic nitrogens is 1. The summed E-state index contributed by atoms with van der Waals surface area (Å²) < 4.78 is 0. The maximum Gasteiger partial charge on any atom is 0.0737 e. The molecule has 1 aromatic heterocycles. The van der Waals surface area contributed by atoms with Crippen molar-refractivity contribution in [2.75, 3.05) is 18.4 Å². The summed E-state index contributed by atoms with van der Waals surface area (Å²) in [5, 5.41) is 9.26. The van der Waals surface area contributed by atoms with Gasteiger partial charge >= 0.3 is 0 Å². The molecule has 1 aliphatic carbocycles. The fraction of sp³-hybridized carbons (Fsp3) is 0.542. The summed E-state index contributed by atoms with van der Waals surface area (Å²) >= 11 is 6.09. The number of hydrogen-bond acceptors (Lipinski definition) is 3. The van der Waals surface area contributed by atoms with Crippen LogP contribution in [0.3, 0.4) is 0 Å². The molecule has 1 aliphatic rings. The van der Waals surface area contributed by atoms with Crippen molar-refractivity contribution in [2.45, 2.75) is 58.9 Å². The van der Waals surface area contributed by atoms with Gasteiger partial charge in [-0.25, -0.2) is 0 Å². The van der Waals surface area contributed by atoms with E-state index in [4.69, 9.17) is 11.6 Å². The van der Waals surface area contributed by atoms with Gasteiger partial charge < -0.3 is 10.6 Å². The number of nitrogens with zero attached hydrogens (tertiary/aromatic N) is 1. The lowest BCUT2D eigenvalue weighted by atomic mass is 9.77. The van der Waals surface area contributed by atoms with Crippen LogP contribution in [-0.2, 0) is 0 Å². The quantitative estimate of drug-likeness (QED) is 0.476. The zero-order valence-electron chi connectivity index (χ0n) is 17.7. The highest BCUT2D eigenvalue weighted by Gasteiger charge is 2.28. The van der Waals surface area contributed by atoms with E-state index in [0.717, 1.165) is 47.5 Å². The van der Waals surface area contributed by atoms with Crippen LogP contribution >= 0.6 is 11.6 Å². The summed E-state index contributed by atoms with van der Waals surface area (Å²) in [5.74, 6) is 0.706. The number of benzene rings is 1. The molecule has 0 spiro atoms. The summed E-state index contributed by atoms with van der Waals surface area (Å²) in [6.07, 6.45) is 11.3. The lowest BCUT2D eigenvalue weighted by molar-refractivity contribution is 0.209. The summed E-state index contributed by atoms with van der Waals surface area (Å²) in [5.41, 5.74) is 2.45. The molecule has 0 fully saturated rings. The van der Waals surface area contributed by atoms with Crippen molar-refractivity contribution in [1.82, 2.24) is 10.3 Å². The van der Waals surface area contributed by atoms with Gasteiger partial charge in [-0.05, 0) is 75.1 Å². The van der Waals surface area contributed by atoms with Crippen LogP contribution in [0.5, 0.6) is 0 Å². The number of fused-ring (bicyclic) bond motifs is 1. The summed E-state index contributed by atoms with van der Waals surface area (Å²) in [6, 6.07) is 7.93. The van der Waals surface area contributed by atoms with E-state index in [1.807, 2.05) is 30.5 Å². The lowest BCUT2D eigenvalue weighted by Crippen LogP contribution is -2.45. The van der Waals surface area contributed by atoms with Gasteiger partial charge in [-0.3, -0.25) is 4.98 Å². The molecule has 2 N–H and O–H groups in total. The molecule has 3 nitrogen and oxygen atoms in total. The molecule has 0 saturated heterocycles. The topological polar surface area (TPSA) is 37.0 Å². The average Bonchev–Trinajstić information content (AvgIpc) is 3.12. The van der Waals surface area contributed by atoms with Crippen molar-refractivity contribution in [3.8, 4) is 0 Å². The van der Waals surface area contributed by atoms with Crippen molar-refractivity contribution in [3.63, 3.8) is 0 Å². The molecule has 0 aliphatic heterocycles. The second-order valence-electron chi connectivity index (χ2n) is 9.57. The third-order valence-electron chi connectivity index (χ3n) is 5.70. The van der Waals surface area contributed by atoms with Crippen molar-refractivity contribution in [3.05, 3.63) is 47.6 Å². The van der Waals surface area contributed by atoms with Gasteiger partial charge in [0.1, 0.15) is 0 Å². The van der Waals surface area contributed by atoms with Crippen molar-refractivity contribution in [1.29, 1.82) is 0 Å². The van der Waals surface area contributed by atoms with Gasteiger partial charge in [0, 0.05) is 40.9 Å². The standard InChI is InChI=1S/C24H34ClN3/c1-23(2,17-24(3,4)28-16-18-7-5-6-8-18)12-14-27-21-11-13-26-22-15-19(25)9-10-20(21)22/h5,7,9-11,13,15,18,28H,6,8,12,14,16-17H2,1-4H3,(H,26,27)/t18-/m1/s1. The Kier molecular flexibility index (Phi) is 6.67. The molecule has 1 atom stereocenters. The molecule has 0 bridgehead atoms. The van der Waals surface area contributed by atoms with E-state index in [9.17, 15) is 0 Å². The third kappa shape index (κ3) is 5.96.